The van der Waals surface area contributed by atoms with Gasteiger partial charge in [-0.2, -0.15) is 0 Å². The fourth-order valence-electron chi connectivity index (χ4n) is 4.06. The first-order valence-electron chi connectivity index (χ1n) is 11.4. The third kappa shape index (κ3) is 5.18. The third-order valence-electron chi connectivity index (χ3n) is 5.67. The van der Waals surface area contributed by atoms with Crippen LogP contribution >= 0.6 is 38.9 Å². The quantitative estimate of drug-likeness (QED) is 0.402. The van der Waals surface area contributed by atoms with Crippen LogP contribution in [0.5, 0.6) is 17.2 Å². The zero-order valence-corrected chi connectivity index (χ0v) is 23.7. The molecule has 0 amide bonds. The average molecular weight is 608 g/mol. The van der Waals surface area contributed by atoms with Crippen LogP contribution in [0.4, 0.5) is 0 Å². The molecule has 0 aliphatic carbocycles. The summed E-state index contributed by atoms with van der Waals surface area (Å²) in [5.74, 6) is 0.371. The number of aromatic hydroxyl groups is 1. The van der Waals surface area contributed by atoms with Gasteiger partial charge in [0.05, 0.1) is 42.2 Å². The summed E-state index contributed by atoms with van der Waals surface area (Å²) in [5.41, 5.74) is 1.26. The number of rotatable bonds is 7. The number of benzene rings is 2. The minimum absolute atomic E-state index is 0.0193. The summed E-state index contributed by atoms with van der Waals surface area (Å²) in [4.78, 5) is 31.9. The number of esters is 1. The number of halogens is 2. The van der Waals surface area contributed by atoms with Gasteiger partial charge in [0.15, 0.2) is 16.3 Å². The van der Waals surface area contributed by atoms with Gasteiger partial charge < -0.3 is 19.3 Å². The summed E-state index contributed by atoms with van der Waals surface area (Å²) >= 11 is 10.8. The fraction of sp³-hybridized carbons (Fsp3) is 0.269. The Morgan fingerprint density at radius 3 is 2.68 bits per heavy atom. The van der Waals surface area contributed by atoms with Crippen molar-refractivity contribution in [2.24, 2.45) is 4.99 Å². The van der Waals surface area contributed by atoms with Crippen LogP contribution in [0.25, 0.3) is 6.08 Å². The van der Waals surface area contributed by atoms with Gasteiger partial charge in [-0.3, -0.25) is 9.36 Å². The molecule has 1 aliphatic heterocycles. The van der Waals surface area contributed by atoms with Crippen molar-refractivity contribution in [2.75, 3.05) is 20.3 Å². The number of carbonyl (C=O) groups excluding carboxylic acids is 1. The standard InChI is InChI=1S/C26H24BrClN2O6S/c1-5-35-20-12-17(27)16(11-19(20)34-4)23-22(25(33)36-6-2)13(3)29-26-30(23)24(32)21(37-26)10-14-9-15(28)7-8-18(14)31/h7-12,23,31H,5-6H2,1-4H3/b21-10+/t23-/m0/s1. The van der Waals surface area contributed by atoms with Crippen LogP contribution in [-0.4, -0.2) is 36.0 Å². The summed E-state index contributed by atoms with van der Waals surface area (Å²) in [6, 6.07) is 7.20. The van der Waals surface area contributed by atoms with E-state index in [-0.39, 0.29) is 23.5 Å². The van der Waals surface area contributed by atoms with Gasteiger partial charge in [0.25, 0.3) is 5.56 Å². The minimum atomic E-state index is -0.857. The smallest absolute Gasteiger partial charge is 0.338 e. The molecule has 3 aromatic rings. The molecule has 2 heterocycles. The molecule has 0 unspecified atom stereocenters. The first kappa shape index (κ1) is 27.0. The number of phenols is 1. The number of nitrogens with zero attached hydrogens (tertiary/aromatic N) is 2. The van der Waals surface area contributed by atoms with Crippen LogP contribution in [0.3, 0.4) is 0 Å². The highest BCUT2D eigenvalue weighted by molar-refractivity contribution is 9.10. The van der Waals surface area contributed by atoms with Crippen molar-refractivity contribution in [3.8, 4) is 17.2 Å². The Kier molecular flexibility index (Phi) is 8.11. The summed E-state index contributed by atoms with van der Waals surface area (Å²) in [5, 5.41) is 10.7. The Balaban J connectivity index is 2.02. The Morgan fingerprint density at radius 1 is 1.24 bits per heavy atom. The number of allylic oxidation sites excluding steroid dienone is 1. The molecule has 1 N–H and O–H groups in total. The Morgan fingerprint density at radius 2 is 2.00 bits per heavy atom. The zero-order chi connectivity index (χ0) is 26.9. The molecule has 0 radical (unpaired) electrons. The van der Waals surface area contributed by atoms with Crippen molar-refractivity contribution in [2.45, 2.75) is 26.8 Å². The maximum atomic E-state index is 13.8. The summed E-state index contributed by atoms with van der Waals surface area (Å²) in [6.07, 6.45) is 1.55. The molecule has 2 aromatic carbocycles. The lowest BCUT2D eigenvalue weighted by Crippen LogP contribution is -2.40. The number of aromatic nitrogens is 1. The molecule has 11 heteroatoms. The zero-order valence-electron chi connectivity index (χ0n) is 20.5. The molecule has 1 aromatic heterocycles. The molecule has 0 saturated carbocycles. The number of carbonyl (C=O) groups is 1. The van der Waals surface area contributed by atoms with Gasteiger partial charge in [-0.05, 0) is 62.7 Å². The first-order valence-corrected chi connectivity index (χ1v) is 13.4. The monoisotopic (exact) mass is 606 g/mol. The molecule has 1 atom stereocenters. The molecule has 0 spiro atoms. The topological polar surface area (TPSA) is 99.4 Å². The third-order valence-corrected chi connectivity index (χ3v) is 7.58. The number of phenolic OH excluding ortho intramolecular Hbond substituents is 1. The predicted molar refractivity (Wildman–Crippen MR) is 145 cm³/mol. The van der Waals surface area contributed by atoms with Crippen LogP contribution in [-0.2, 0) is 9.53 Å². The molecule has 37 heavy (non-hydrogen) atoms. The summed E-state index contributed by atoms with van der Waals surface area (Å²) in [6.45, 7) is 5.88. The molecule has 0 saturated heterocycles. The van der Waals surface area contributed by atoms with Gasteiger partial charge in [0.1, 0.15) is 5.75 Å². The Bertz CT molecular complexity index is 1590. The van der Waals surface area contributed by atoms with Crippen LogP contribution in [0.2, 0.25) is 5.02 Å². The highest BCUT2D eigenvalue weighted by Gasteiger charge is 2.35. The molecular weight excluding hydrogens is 584 g/mol. The van der Waals surface area contributed by atoms with Crippen molar-refractivity contribution in [3.05, 3.63) is 81.9 Å². The largest absolute Gasteiger partial charge is 0.507 e. The maximum absolute atomic E-state index is 13.8. The maximum Gasteiger partial charge on any atom is 0.338 e. The van der Waals surface area contributed by atoms with E-state index in [9.17, 15) is 14.7 Å². The molecule has 0 fully saturated rings. The van der Waals surface area contributed by atoms with Gasteiger partial charge >= 0.3 is 5.97 Å². The molecule has 1 aliphatic rings. The van der Waals surface area contributed by atoms with Crippen molar-refractivity contribution in [3.63, 3.8) is 0 Å². The number of methoxy groups -OCH3 is 1. The van der Waals surface area contributed by atoms with Gasteiger partial charge in [-0.15, -0.1) is 0 Å². The van der Waals surface area contributed by atoms with E-state index in [0.29, 0.717) is 53.8 Å². The predicted octanol–water partition coefficient (Wildman–Crippen LogP) is 4.33. The van der Waals surface area contributed by atoms with E-state index in [1.807, 2.05) is 6.92 Å². The Labute approximate surface area is 230 Å². The number of fused-ring (bicyclic) bond motifs is 1. The summed E-state index contributed by atoms with van der Waals surface area (Å²) in [7, 11) is 1.52. The van der Waals surface area contributed by atoms with Crippen molar-refractivity contribution in [1.82, 2.24) is 4.57 Å². The molecule has 0 bridgehead atoms. The van der Waals surface area contributed by atoms with Crippen LogP contribution in [0, 0.1) is 0 Å². The fourth-order valence-corrected chi connectivity index (χ4v) is 5.81. The SMILES string of the molecule is CCOC(=O)C1=C(C)N=c2s/c(=C/c3cc(Cl)ccc3O)c(=O)n2[C@H]1c1cc(OC)c(OCC)cc1Br. The lowest BCUT2D eigenvalue weighted by atomic mass is 9.95. The van der Waals surface area contributed by atoms with Gasteiger partial charge in [0, 0.05) is 15.1 Å². The second-order valence-corrected chi connectivity index (χ2v) is 10.3. The van der Waals surface area contributed by atoms with Crippen LogP contribution < -0.4 is 24.4 Å². The second kappa shape index (κ2) is 11.1. The highest BCUT2D eigenvalue weighted by atomic mass is 79.9. The summed E-state index contributed by atoms with van der Waals surface area (Å²) < 4.78 is 19.0. The lowest BCUT2D eigenvalue weighted by Gasteiger charge is -2.26. The van der Waals surface area contributed by atoms with E-state index in [1.165, 1.54) is 17.7 Å². The van der Waals surface area contributed by atoms with Gasteiger partial charge in [-0.1, -0.05) is 38.9 Å². The average Bonchev–Trinajstić information content (AvgIpc) is 3.15. The van der Waals surface area contributed by atoms with Crippen molar-refractivity contribution >= 4 is 50.9 Å². The van der Waals surface area contributed by atoms with Gasteiger partial charge in [0.2, 0.25) is 0 Å². The molecule has 8 nitrogen and oxygen atoms in total. The molecule has 4 rings (SSSR count). The van der Waals surface area contributed by atoms with E-state index >= 15 is 0 Å². The highest BCUT2D eigenvalue weighted by Crippen LogP contribution is 2.41. The van der Waals surface area contributed by atoms with Crippen molar-refractivity contribution < 1.29 is 24.1 Å². The molecular formula is C26H24BrClN2O6S. The number of hydrogen-bond acceptors (Lipinski definition) is 8. The first-order chi connectivity index (χ1) is 17.7. The van der Waals surface area contributed by atoms with E-state index in [1.54, 1.807) is 44.2 Å². The molecule has 194 valence electrons. The lowest BCUT2D eigenvalue weighted by molar-refractivity contribution is -0.139. The van der Waals surface area contributed by atoms with E-state index < -0.39 is 12.0 Å². The van der Waals surface area contributed by atoms with Gasteiger partial charge in [-0.25, -0.2) is 9.79 Å². The van der Waals surface area contributed by atoms with Crippen LogP contribution in [0.15, 0.2) is 55.9 Å². The number of ether oxygens (including phenoxy) is 3. The van der Waals surface area contributed by atoms with E-state index in [0.717, 1.165) is 11.3 Å². The minimum Gasteiger partial charge on any atom is -0.507 e. The van der Waals surface area contributed by atoms with Crippen LogP contribution in [0.1, 0.15) is 37.9 Å². The van der Waals surface area contributed by atoms with E-state index in [2.05, 4.69) is 20.9 Å². The number of thiazole rings is 1. The Hall–Kier alpha value is -3.08. The van der Waals surface area contributed by atoms with E-state index in [4.69, 9.17) is 25.8 Å². The second-order valence-electron chi connectivity index (χ2n) is 7.96. The number of hydrogen-bond donors (Lipinski definition) is 1. The van der Waals surface area contributed by atoms with Crippen molar-refractivity contribution in [1.29, 1.82) is 0 Å². The normalized spacial score (nSPS) is 15.3.